The van der Waals surface area contributed by atoms with Crippen LogP contribution >= 0.6 is 15.9 Å². The van der Waals surface area contributed by atoms with Crippen molar-refractivity contribution in [1.29, 1.82) is 0 Å². The molecule has 0 aliphatic carbocycles. The summed E-state index contributed by atoms with van der Waals surface area (Å²) in [6, 6.07) is 3.04. The fourth-order valence-electron chi connectivity index (χ4n) is 1.37. The Hall–Kier alpha value is -1.10. The molecule has 0 aliphatic rings. The molecule has 1 aromatic heterocycles. The largest absolute Gasteiger partial charge is 0.338 e. The third kappa shape index (κ3) is 2.95. The predicted molar refractivity (Wildman–Crippen MR) is 67.1 cm³/mol. The van der Waals surface area contributed by atoms with Crippen molar-refractivity contribution in [3.63, 3.8) is 0 Å². The number of amides is 1. The van der Waals surface area contributed by atoms with Crippen molar-refractivity contribution in [1.82, 2.24) is 9.47 Å². The van der Waals surface area contributed by atoms with Gasteiger partial charge in [0.2, 0.25) is 0 Å². The third-order valence-corrected chi connectivity index (χ3v) is 2.73. The minimum atomic E-state index is -0.166. The van der Waals surface area contributed by atoms with Crippen molar-refractivity contribution in [2.75, 3.05) is 18.4 Å². The Kier molecular flexibility index (Phi) is 4.73. The van der Waals surface area contributed by atoms with E-state index in [9.17, 15) is 9.59 Å². The molecule has 0 aliphatic heterocycles. The molecule has 0 radical (unpaired) electrons. The van der Waals surface area contributed by atoms with Crippen LogP contribution in [0.3, 0.4) is 0 Å². The van der Waals surface area contributed by atoms with Crippen LogP contribution in [-0.4, -0.2) is 33.8 Å². The molecule has 1 heterocycles. The zero-order valence-electron chi connectivity index (χ0n) is 9.44. The van der Waals surface area contributed by atoms with Crippen molar-refractivity contribution < 1.29 is 4.79 Å². The van der Waals surface area contributed by atoms with Gasteiger partial charge in [-0.15, -0.1) is 0 Å². The normalized spacial score (nSPS) is 10.2. The van der Waals surface area contributed by atoms with E-state index in [0.717, 1.165) is 5.33 Å². The number of carbonyl (C=O) groups excluding carboxylic acids is 1. The number of aromatic nitrogens is 1. The van der Waals surface area contributed by atoms with Gasteiger partial charge in [-0.05, 0) is 13.0 Å². The monoisotopic (exact) mass is 286 g/mol. The van der Waals surface area contributed by atoms with Crippen LogP contribution in [0.5, 0.6) is 0 Å². The predicted octanol–water partition coefficient (Wildman–Crippen LogP) is 1.24. The molecule has 1 amide bonds. The Morgan fingerprint density at radius 1 is 1.56 bits per heavy atom. The van der Waals surface area contributed by atoms with E-state index in [0.29, 0.717) is 18.7 Å². The smallest absolute Gasteiger partial charge is 0.254 e. The summed E-state index contributed by atoms with van der Waals surface area (Å²) in [7, 11) is 1.66. The number of nitrogens with zero attached hydrogens (tertiary/aromatic N) is 2. The van der Waals surface area contributed by atoms with E-state index in [1.54, 1.807) is 24.2 Å². The summed E-state index contributed by atoms with van der Waals surface area (Å²) in [6.07, 6.45) is 1.61. The Labute approximate surface area is 103 Å². The van der Waals surface area contributed by atoms with Gasteiger partial charge in [-0.1, -0.05) is 15.9 Å². The zero-order chi connectivity index (χ0) is 12.1. The molecule has 88 valence electrons. The number of alkyl halides is 1. The van der Waals surface area contributed by atoms with Gasteiger partial charge in [0.1, 0.15) is 0 Å². The Morgan fingerprint density at radius 2 is 2.25 bits per heavy atom. The molecule has 16 heavy (non-hydrogen) atoms. The average Bonchev–Trinajstić information content (AvgIpc) is 2.28. The zero-order valence-corrected chi connectivity index (χ0v) is 11.0. The van der Waals surface area contributed by atoms with Crippen LogP contribution in [0.15, 0.2) is 23.1 Å². The van der Waals surface area contributed by atoms with Crippen molar-refractivity contribution in [2.24, 2.45) is 7.05 Å². The Balaban J connectivity index is 2.95. The van der Waals surface area contributed by atoms with Crippen LogP contribution in [0.2, 0.25) is 0 Å². The van der Waals surface area contributed by atoms with E-state index in [-0.39, 0.29) is 11.5 Å². The van der Waals surface area contributed by atoms with Gasteiger partial charge < -0.3 is 9.47 Å². The molecule has 0 bridgehead atoms. The summed E-state index contributed by atoms with van der Waals surface area (Å²) in [4.78, 5) is 25.1. The summed E-state index contributed by atoms with van der Waals surface area (Å²) in [5, 5.41) is 0.734. The maximum absolute atomic E-state index is 12.0. The van der Waals surface area contributed by atoms with Gasteiger partial charge >= 0.3 is 0 Å². The highest BCUT2D eigenvalue weighted by molar-refractivity contribution is 9.09. The maximum Gasteiger partial charge on any atom is 0.254 e. The minimum Gasteiger partial charge on any atom is -0.338 e. The van der Waals surface area contributed by atoms with Gasteiger partial charge in [-0.2, -0.15) is 0 Å². The number of hydrogen-bond donors (Lipinski definition) is 0. The van der Waals surface area contributed by atoms with E-state index in [4.69, 9.17) is 0 Å². The molecular weight excluding hydrogens is 272 g/mol. The Bertz CT molecular complexity index is 428. The highest BCUT2D eigenvalue weighted by atomic mass is 79.9. The van der Waals surface area contributed by atoms with Crippen molar-refractivity contribution in [3.05, 3.63) is 34.2 Å². The molecule has 5 heteroatoms. The summed E-state index contributed by atoms with van der Waals surface area (Å²) >= 11 is 3.30. The molecule has 0 atom stereocenters. The SMILES string of the molecule is CCN(CCBr)C(=O)c1ccn(C)c(=O)c1. The summed E-state index contributed by atoms with van der Waals surface area (Å²) in [5.41, 5.74) is 0.284. The van der Waals surface area contributed by atoms with Crippen LogP contribution in [0.1, 0.15) is 17.3 Å². The van der Waals surface area contributed by atoms with Crippen LogP contribution < -0.4 is 5.56 Å². The average molecular weight is 287 g/mol. The highest BCUT2D eigenvalue weighted by Gasteiger charge is 2.13. The lowest BCUT2D eigenvalue weighted by atomic mass is 10.2. The Morgan fingerprint density at radius 3 is 2.75 bits per heavy atom. The van der Waals surface area contributed by atoms with Crippen molar-refractivity contribution in [3.8, 4) is 0 Å². The van der Waals surface area contributed by atoms with Gasteiger partial charge in [0.05, 0.1) is 0 Å². The lowest BCUT2D eigenvalue weighted by Gasteiger charge is -2.19. The number of hydrogen-bond acceptors (Lipinski definition) is 2. The van der Waals surface area contributed by atoms with E-state index in [2.05, 4.69) is 15.9 Å². The van der Waals surface area contributed by atoms with Gasteiger partial charge in [0, 0.05) is 43.3 Å². The van der Waals surface area contributed by atoms with Crippen LogP contribution in [0.4, 0.5) is 0 Å². The molecule has 4 nitrogen and oxygen atoms in total. The number of pyridine rings is 1. The standard InChI is InChI=1S/C11H15BrN2O2/c1-3-14(7-5-12)11(16)9-4-6-13(2)10(15)8-9/h4,6,8H,3,5,7H2,1-2H3. The molecule has 0 spiro atoms. The maximum atomic E-state index is 12.0. The number of aryl methyl sites for hydroxylation is 1. The molecule has 0 fully saturated rings. The summed E-state index contributed by atoms with van der Waals surface area (Å²) in [6.45, 7) is 3.20. The molecule has 1 rings (SSSR count). The highest BCUT2D eigenvalue weighted by Crippen LogP contribution is 2.02. The fourth-order valence-corrected chi connectivity index (χ4v) is 1.80. The van der Waals surface area contributed by atoms with E-state index in [1.807, 2.05) is 6.92 Å². The lowest BCUT2D eigenvalue weighted by Crippen LogP contribution is -2.33. The van der Waals surface area contributed by atoms with Gasteiger partial charge in [0.15, 0.2) is 0 Å². The first-order valence-electron chi connectivity index (χ1n) is 5.12. The number of rotatable bonds is 4. The molecule has 0 unspecified atom stereocenters. The first-order chi connectivity index (χ1) is 7.60. The molecule has 1 aromatic rings. The van der Waals surface area contributed by atoms with Gasteiger partial charge in [-0.25, -0.2) is 0 Å². The molecule has 0 saturated heterocycles. The van der Waals surface area contributed by atoms with E-state index >= 15 is 0 Å². The fraction of sp³-hybridized carbons (Fsp3) is 0.455. The second-order valence-electron chi connectivity index (χ2n) is 3.44. The number of carbonyl (C=O) groups is 1. The van der Waals surface area contributed by atoms with E-state index < -0.39 is 0 Å². The minimum absolute atomic E-state index is 0.0975. The van der Waals surface area contributed by atoms with Crippen LogP contribution in [-0.2, 0) is 7.05 Å². The van der Waals surface area contributed by atoms with E-state index in [1.165, 1.54) is 10.6 Å². The molecule has 0 N–H and O–H groups in total. The lowest BCUT2D eigenvalue weighted by molar-refractivity contribution is 0.0774. The molecular formula is C11H15BrN2O2. The summed E-state index contributed by atoms with van der Waals surface area (Å²) in [5.74, 6) is -0.0975. The van der Waals surface area contributed by atoms with Crippen molar-refractivity contribution in [2.45, 2.75) is 6.92 Å². The van der Waals surface area contributed by atoms with Gasteiger partial charge in [0.25, 0.3) is 11.5 Å². The van der Waals surface area contributed by atoms with Gasteiger partial charge in [-0.3, -0.25) is 9.59 Å². The summed E-state index contributed by atoms with van der Waals surface area (Å²) < 4.78 is 1.44. The van der Waals surface area contributed by atoms with Crippen LogP contribution in [0.25, 0.3) is 0 Å². The third-order valence-electron chi connectivity index (χ3n) is 2.37. The first kappa shape index (κ1) is 13.0. The first-order valence-corrected chi connectivity index (χ1v) is 6.24. The molecule has 0 aromatic carbocycles. The molecule has 0 saturated carbocycles. The second kappa shape index (κ2) is 5.84. The quantitative estimate of drug-likeness (QED) is 0.782. The van der Waals surface area contributed by atoms with Crippen LogP contribution in [0, 0.1) is 0 Å². The topological polar surface area (TPSA) is 42.3 Å². The van der Waals surface area contributed by atoms with Crippen molar-refractivity contribution >= 4 is 21.8 Å². The number of halogens is 1. The second-order valence-corrected chi connectivity index (χ2v) is 4.23.